The van der Waals surface area contributed by atoms with E-state index in [0.29, 0.717) is 11.4 Å². The van der Waals surface area contributed by atoms with Crippen LogP contribution in [0.5, 0.6) is 0 Å². The minimum Gasteiger partial charge on any atom is -0.211 e. The Labute approximate surface area is 123 Å². The van der Waals surface area contributed by atoms with Gasteiger partial charge < -0.3 is 0 Å². The van der Waals surface area contributed by atoms with Crippen molar-refractivity contribution in [2.45, 2.75) is 20.3 Å². The average molecular weight is 280 g/mol. The Morgan fingerprint density at radius 3 is 1.33 bits per heavy atom. The maximum absolute atomic E-state index is 10.1. The molecule has 0 saturated carbocycles. The van der Waals surface area contributed by atoms with Crippen molar-refractivity contribution >= 4 is 23.5 Å². The Balaban J connectivity index is 0.00000106. The number of hydrogen-bond donors (Lipinski definition) is 0. The highest BCUT2D eigenvalue weighted by Crippen LogP contribution is 2.17. The minimum absolute atomic E-state index is 0.592. The predicted molar refractivity (Wildman–Crippen MR) is 82.6 cm³/mol. The van der Waals surface area contributed by atoms with Gasteiger partial charge in [0.1, 0.15) is 0 Å². The molecule has 106 valence electrons. The van der Waals surface area contributed by atoms with E-state index >= 15 is 0 Å². The van der Waals surface area contributed by atoms with E-state index in [9.17, 15) is 9.59 Å². The maximum Gasteiger partial charge on any atom is 0.240 e. The van der Waals surface area contributed by atoms with Crippen molar-refractivity contribution in [3.63, 3.8) is 0 Å². The van der Waals surface area contributed by atoms with Crippen LogP contribution in [0.4, 0.5) is 11.4 Å². The maximum atomic E-state index is 10.1. The molecule has 0 atom stereocenters. The standard InChI is InChI=1S/C15H10N2O2.C2H6/c18-10-16-14-5-1-12(2-6-14)9-13-3-7-15(8-4-13)17-11-19;1-2/h1-8H,9H2;1-2H3. The van der Waals surface area contributed by atoms with Crippen molar-refractivity contribution in [3.8, 4) is 0 Å². The van der Waals surface area contributed by atoms with E-state index in [1.807, 2.05) is 38.1 Å². The molecule has 4 nitrogen and oxygen atoms in total. The zero-order chi connectivity index (χ0) is 15.5. The summed E-state index contributed by atoms with van der Waals surface area (Å²) in [6.07, 6.45) is 3.77. The summed E-state index contributed by atoms with van der Waals surface area (Å²) in [7, 11) is 0. The molecule has 2 aromatic carbocycles. The molecule has 0 radical (unpaired) electrons. The number of carbonyl (C=O) groups excluding carboxylic acids is 2. The summed E-state index contributed by atoms with van der Waals surface area (Å²) in [5, 5.41) is 0. The fraction of sp³-hybridized carbons (Fsp3) is 0.176. The van der Waals surface area contributed by atoms with Gasteiger partial charge in [0.25, 0.3) is 0 Å². The van der Waals surface area contributed by atoms with Crippen LogP contribution in [0.25, 0.3) is 0 Å². The van der Waals surface area contributed by atoms with Gasteiger partial charge in [0, 0.05) is 0 Å². The second-order valence-electron chi connectivity index (χ2n) is 3.92. The smallest absolute Gasteiger partial charge is 0.211 e. The van der Waals surface area contributed by atoms with Crippen LogP contribution in [-0.4, -0.2) is 12.2 Å². The molecule has 0 saturated heterocycles. The van der Waals surface area contributed by atoms with Gasteiger partial charge in [-0.2, -0.15) is 9.98 Å². The molecule has 0 spiro atoms. The molecule has 0 amide bonds. The van der Waals surface area contributed by atoms with Crippen LogP contribution >= 0.6 is 0 Å². The third kappa shape index (κ3) is 5.37. The Morgan fingerprint density at radius 2 is 1.05 bits per heavy atom. The molecule has 0 aliphatic rings. The van der Waals surface area contributed by atoms with Gasteiger partial charge in [-0.25, -0.2) is 9.59 Å². The monoisotopic (exact) mass is 280 g/mol. The van der Waals surface area contributed by atoms with Crippen LogP contribution in [0, 0.1) is 0 Å². The van der Waals surface area contributed by atoms with Crippen LogP contribution in [0.3, 0.4) is 0 Å². The van der Waals surface area contributed by atoms with Gasteiger partial charge in [-0.05, 0) is 41.8 Å². The molecule has 0 bridgehead atoms. The summed E-state index contributed by atoms with van der Waals surface area (Å²) < 4.78 is 0. The van der Waals surface area contributed by atoms with Gasteiger partial charge in [0.2, 0.25) is 12.2 Å². The summed E-state index contributed by atoms with van der Waals surface area (Å²) in [5.41, 5.74) is 3.40. The molecule has 2 rings (SSSR count). The Kier molecular flexibility index (Phi) is 7.09. The molecule has 0 aliphatic carbocycles. The van der Waals surface area contributed by atoms with Crippen LogP contribution in [-0.2, 0) is 16.0 Å². The molecule has 0 heterocycles. The first kappa shape index (κ1) is 16.3. The van der Waals surface area contributed by atoms with Crippen molar-refractivity contribution in [2.24, 2.45) is 9.98 Å². The molecule has 21 heavy (non-hydrogen) atoms. The zero-order valence-electron chi connectivity index (χ0n) is 12.0. The summed E-state index contributed by atoms with van der Waals surface area (Å²) in [4.78, 5) is 27.3. The van der Waals surface area contributed by atoms with Crippen LogP contribution in [0.2, 0.25) is 0 Å². The van der Waals surface area contributed by atoms with Crippen LogP contribution in [0.1, 0.15) is 25.0 Å². The van der Waals surface area contributed by atoms with Gasteiger partial charge in [0.15, 0.2) is 0 Å². The molecule has 4 heteroatoms. The van der Waals surface area contributed by atoms with Gasteiger partial charge in [-0.3, -0.25) is 0 Å². The van der Waals surface area contributed by atoms with E-state index in [-0.39, 0.29) is 0 Å². The number of hydrogen-bond acceptors (Lipinski definition) is 4. The Morgan fingerprint density at radius 1 is 0.714 bits per heavy atom. The molecule has 2 aromatic rings. The second-order valence-corrected chi connectivity index (χ2v) is 3.92. The number of benzene rings is 2. The molecule has 0 aliphatic heterocycles. The number of rotatable bonds is 4. The lowest BCUT2D eigenvalue weighted by Crippen LogP contribution is -1.86. The summed E-state index contributed by atoms with van der Waals surface area (Å²) in [5.74, 6) is 0. The van der Waals surface area contributed by atoms with Crippen molar-refractivity contribution in [1.29, 1.82) is 0 Å². The normalized spacial score (nSPS) is 8.67. The number of nitrogens with zero attached hydrogens (tertiary/aromatic N) is 2. The van der Waals surface area contributed by atoms with Gasteiger partial charge in [-0.15, -0.1) is 0 Å². The SMILES string of the molecule is CC.O=C=Nc1ccc(Cc2ccc(N=C=O)cc2)cc1. The molecule has 0 fully saturated rings. The Bertz CT molecular complexity index is 589. The van der Waals surface area contributed by atoms with E-state index in [1.165, 1.54) is 12.2 Å². The van der Waals surface area contributed by atoms with Crippen molar-refractivity contribution in [3.05, 3.63) is 59.7 Å². The van der Waals surface area contributed by atoms with Crippen molar-refractivity contribution in [1.82, 2.24) is 0 Å². The highest BCUT2D eigenvalue weighted by molar-refractivity contribution is 5.51. The minimum atomic E-state index is 0.592. The highest BCUT2D eigenvalue weighted by atomic mass is 16.1. The van der Waals surface area contributed by atoms with E-state index in [4.69, 9.17) is 0 Å². The molecular formula is C17H16N2O2. The fourth-order valence-electron chi connectivity index (χ4n) is 1.72. The quantitative estimate of drug-likeness (QED) is 0.621. The van der Waals surface area contributed by atoms with E-state index in [1.54, 1.807) is 24.3 Å². The zero-order valence-corrected chi connectivity index (χ0v) is 12.0. The molecule has 0 aromatic heterocycles. The third-order valence-corrected chi connectivity index (χ3v) is 2.63. The summed E-state index contributed by atoms with van der Waals surface area (Å²) in [6, 6.07) is 14.7. The lowest BCUT2D eigenvalue weighted by atomic mass is 10.0. The van der Waals surface area contributed by atoms with Crippen molar-refractivity contribution in [2.75, 3.05) is 0 Å². The number of isocyanates is 2. The Hall–Kier alpha value is -2.80. The highest BCUT2D eigenvalue weighted by Gasteiger charge is 1.97. The second kappa shape index (κ2) is 9.16. The first-order chi connectivity index (χ1) is 10.3. The molecule has 0 unspecified atom stereocenters. The van der Waals surface area contributed by atoms with Gasteiger partial charge in [-0.1, -0.05) is 38.1 Å². The largest absolute Gasteiger partial charge is 0.240 e. The summed E-state index contributed by atoms with van der Waals surface area (Å²) in [6.45, 7) is 4.00. The van der Waals surface area contributed by atoms with Gasteiger partial charge >= 0.3 is 0 Å². The topological polar surface area (TPSA) is 58.9 Å². The first-order valence-electron chi connectivity index (χ1n) is 6.65. The van der Waals surface area contributed by atoms with Crippen LogP contribution in [0.15, 0.2) is 58.5 Å². The first-order valence-corrected chi connectivity index (χ1v) is 6.65. The van der Waals surface area contributed by atoms with E-state index < -0.39 is 0 Å². The third-order valence-electron chi connectivity index (χ3n) is 2.63. The van der Waals surface area contributed by atoms with Gasteiger partial charge in [0.05, 0.1) is 11.4 Å². The predicted octanol–water partition coefficient (Wildman–Crippen LogP) is 4.24. The van der Waals surface area contributed by atoms with E-state index in [2.05, 4.69) is 9.98 Å². The molecular weight excluding hydrogens is 264 g/mol. The lowest BCUT2D eigenvalue weighted by Gasteiger charge is -2.02. The van der Waals surface area contributed by atoms with E-state index in [0.717, 1.165) is 17.5 Å². The number of aliphatic imine (C=N–C) groups is 2. The lowest BCUT2D eigenvalue weighted by molar-refractivity contribution is 0.564. The molecule has 0 N–H and O–H groups in total. The van der Waals surface area contributed by atoms with Crippen molar-refractivity contribution < 1.29 is 9.59 Å². The average Bonchev–Trinajstić information content (AvgIpc) is 2.54. The van der Waals surface area contributed by atoms with Crippen LogP contribution < -0.4 is 0 Å². The fourth-order valence-corrected chi connectivity index (χ4v) is 1.72. The summed E-state index contributed by atoms with van der Waals surface area (Å²) >= 11 is 0.